The molecule has 0 spiro atoms. The molecule has 2 aromatic heterocycles. The van der Waals surface area contributed by atoms with Crippen molar-refractivity contribution in [3.05, 3.63) is 182 Å². The van der Waals surface area contributed by atoms with Gasteiger partial charge in [-0.3, -0.25) is 4.98 Å². The number of hydrogen-bond acceptors (Lipinski definition) is 3. The Morgan fingerprint density at radius 2 is 1.02 bits per heavy atom. The van der Waals surface area contributed by atoms with Gasteiger partial charge in [0.2, 0.25) is 0 Å². The predicted molar refractivity (Wildman–Crippen MR) is 210 cm³/mol. The fourth-order valence-corrected chi connectivity index (χ4v) is 7.58. The lowest BCUT2D eigenvalue weighted by atomic mass is 9.96. The van der Waals surface area contributed by atoms with Crippen molar-refractivity contribution in [2.24, 2.45) is 0 Å². The molecule has 3 heteroatoms. The molecule has 2 heterocycles. The van der Waals surface area contributed by atoms with Gasteiger partial charge in [0.15, 0.2) is 0 Å². The normalized spacial score (nSPS) is 11.6. The van der Waals surface area contributed by atoms with Crippen LogP contribution in [0.3, 0.4) is 0 Å². The molecule has 0 unspecified atom stereocenters. The van der Waals surface area contributed by atoms with Crippen LogP contribution in [0.4, 0.5) is 17.1 Å². The fourth-order valence-electron chi connectivity index (χ4n) is 7.58. The van der Waals surface area contributed by atoms with Crippen molar-refractivity contribution in [1.82, 2.24) is 4.98 Å². The predicted octanol–water partition coefficient (Wildman–Crippen LogP) is 13.2. The second-order valence-corrected chi connectivity index (χ2v) is 12.8. The van der Waals surface area contributed by atoms with Crippen LogP contribution in [-0.4, -0.2) is 4.98 Å². The Morgan fingerprint density at radius 1 is 0.420 bits per heavy atom. The fraction of sp³-hybridized carbons (Fsp3) is 0. The van der Waals surface area contributed by atoms with E-state index in [0.29, 0.717) is 0 Å². The lowest BCUT2D eigenvalue weighted by molar-refractivity contribution is 0.669. The summed E-state index contributed by atoms with van der Waals surface area (Å²) in [6.07, 6.45) is 3.76. The van der Waals surface area contributed by atoms with Crippen LogP contribution in [0, 0.1) is 0 Å². The van der Waals surface area contributed by atoms with Crippen LogP contribution in [0.2, 0.25) is 0 Å². The van der Waals surface area contributed by atoms with Crippen molar-refractivity contribution in [2.75, 3.05) is 4.90 Å². The summed E-state index contributed by atoms with van der Waals surface area (Å²) in [4.78, 5) is 6.80. The van der Waals surface area contributed by atoms with Crippen molar-refractivity contribution >= 4 is 71.3 Å². The summed E-state index contributed by atoms with van der Waals surface area (Å²) < 4.78 is 6.56. The Labute approximate surface area is 289 Å². The maximum absolute atomic E-state index is 6.56. The molecular formula is C47H30N2O. The molecule has 0 aliphatic carbocycles. The van der Waals surface area contributed by atoms with Crippen LogP contribution >= 0.6 is 0 Å². The van der Waals surface area contributed by atoms with Gasteiger partial charge in [-0.05, 0) is 104 Å². The van der Waals surface area contributed by atoms with Gasteiger partial charge < -0.3 is 9.32 Å². The smallest absolute Gasteiger partial charge is 0.137 e. The maximum atomic E-state index is 6.56. The van der Waals surface area contributed by atoms with E-state index in [4.69, 9.17) is 4.42 Å². The molecule has 0 fully saturated rings. The van der Waals surface area contributed by atoms with Gasteiger partial charge in [-0.2, -0.15) is 0 Å². The van der Waals surface area contributed by atoms with Gasteiger partial charge in [0.05, 0.1) is 11.1 Å². The molecule has 0 saturated carbocycles. The molecule has 0 radical (unpaired) electrons. The van der Waals surface area contributed by atoms with Crippen LogP contribution < -0.4 is 4.90 Å². The third kappa shape index (κ3) is 4.63. The zero-order valence-electron chi connectivity index (χ0n) is 27.1. The second kappa shape index (κ2) is 11.5. The number of rotatable bonds is 5. The molecule has 0 bridgehead atoms. The Kier molecular flexibility index (Phi) is 6.49. The maximum Gasteiger partial charge on any atom is 0.137 e. The molecule has 0 N–H and O–H groups in total. The first-order chi connectivity index (χ1) is 24.8. The van der Waals surface area contributed by atoms with Crippen LogP contribution in [0.15, 0.2) is 187 Å². The van der Waals surface area contributed by atoms with Crippen molar-refractivity contribution in [2.45, 2.75) is 0 Å². The number of benzene rings is 8. The summed E-state index contributed by atoms with van der Waals surface area (Å²) in [5.74, 6) is 0. The molecule has 0 atom stereocenters. The van der Waals surface area contributed by atoms with Crippen LogP contribution in [0.5, 0.6) is 0 Å². The molecule has 8 aromatic carbocycles. The van der Waals surface area contributed by atoms with Crippen molar-refractivity contribution in [1.29, 1.82) is 0 Å². The minimum atomic E-state index is 0.848. The van der Waals surface area contributed by atoms with Gasteiger partial charge in [-0.15, -0.1) is 0 Å². The van der Waals surface area contributed by atoms with E-state index in [1.54, 1.807) is 0 Å². The molecular weight excluding hydrogens is 609 g/mol. The van der Waals surface area contributed by atoms with Gasteiger partial charge in [-0.1, -0.05) is 115 Å². The summed E-state index contributed by atoms with van der Waals surface area (Å²) in [5.41, 5.74) is 9.63. The summed E-state index contributed by atoms with van der Waals surface area (Å²) in [6, 6.07) is 60.8. The van der Waals surface area contributed by atoms with Gasteiger partial charge in [0.25, 0.3) is 0 Å². The van der Waals surface area contributed by atoms with Crippen LogP contribution in [0.25, 0.3) is 76.5 Å². The monoisotopic (exact) mass is 638 g/mol. The van der Waals surface area contributed by atoms with E-state index in [2.05, 4.69) is 174 Å². The zero-order valence-corrected chi connectivity index (χ0v) is 27.1. The van der Waals surface area contributed by atoms with Gasteiger partial charge in [0, 0.05) is 34.5 Å². The highest BCUT2D eigenvalue weighted by molar-refractivity contribution is 6.16. The Morgan fingerprint density at radius 3 is 1.70 bits per heavy atom. The number of pyridine rings is 1. The van der Waals surface area contributed by atoms with E-state index in [9.17, 15) is 0 Å². The summed E-state index contributed by atoms with van der Waals surface area (Å²) in [7, 11) is 0. The molecule has 234 valence electrons. The topological polar surface area (TPSA) is 29.3 Å². The first kappa shape index (κ1) is 28.3. The summed E-state index contributed by atoms with van der Waals surface area (Å²) in [6.45, 7) is 0. The van der Waals surface area contributed by atoms with E-state index >= 15 is 0 Å². The Bertz CT molecular complexity index is 2770. The third-order valence-corrected chi connectivity index (χ3v) is 9.88. The standard InChI is InChI=1S/C47H30N2O/c1-3-18-39-31(10-1)12-7-20-41(39)34-14-5-16-37(26-34)49(38-17-6-15-35(27-38)42-21-8-13-32-11-2-4-19-40(32)42)44-22-9-23-45-47(44)43-28-36-30-48-25-24-33(36)29-46(43)50-45/h1-30H. The number of anilines is 3. The van der Waals surface area contributed by atoms with Crippen LogP contribution in [0.1, 0.15) is 0 Å². The highest BCUT2D eigenvalue weighted by Crippen LogP contribution is 2.45. The Hall–Kier alpha value is -6.71. The average Bonchev–Trinajstić information content (AvgIpc) is 3.55. The van der Waals surface area contributed by atoms with Gasteiger partial charge in [-0.25, -0.2) is 0 Å². The summed E-state index contributed by atoms with van der Waals surface area (Å²) >= 11 is 0. The number of furan rings is 1. The third-order valence-electron chi connectivity index (χ3n) is 9.88. The minimum Gasteiger partial charge on any atom is -0.456 e. The molecule has 50 heavy (non-hydrogen) atoms. The highest BCUT2D eigenvalue weighted by Gasteiger charge is 2.21. The number of hydrogen-bond donors (Lipinski definition) is 0. The van der Waals surface area contributed by atoms with E-state index in [-0.39, 0.29) is 0 Å². The minimum absolute atomic E-state index is 0.848. The number of fused-ring (bicyclic) bond motifs is 6. The molecule has 0 saturated heterocycles. The molecule has 3 nitrogen and oxygen atoms in total. The largest absolute Gasteiger partial charge is 0.456 e. The number of nitrogens with zero attached hydrogens (tertiary/aromatic N) is 2. The first-order valence-electron chi connectivity index (χ1n) is 16.9. The van der Waals surface area contributed by atoms with E-state index in [1.807, 2.05) is 18.5 Å². The lowest BCUT2D eigenvalue weighted by Crippen LogP contribution is -2.10. The zero-order chi connectivity index (χ0) is 33.0. The molecule has 10 rings (SSSR count). The molecule has 0 aliphatic heterocycles. The van der Waals surface area contributed by atoms with Crippen LogP contribution in [-0.2, 0) is 0 Å². The average molecular weight is 639 g/mol. The van der Waals surface area contributed by atoms with E-state index in [1.165, 1.54) is 32.7 Å². The van der Waals surface area contributed by atoms with E-state index in [0.717, 1.165) is 60.9 Å². The first-order valence-corrected chi connectivity index (χ1v) is 16.9. The molecule has 0 amide bonds. The van der Waals surface area contributed by atoms with Gasteiger partial charge >= 0.3 is 0 Å². The second-order valence-electron chi connectivity index (χ2n) is 12.8. The lowest BCUT2D eigenvalue weighted by Gasteiger charge is -2.27. The quantitative estimate of drug-likeness (QED) is 0.188. The number of aromatic nitrogens is 1. The highest BCUT2D eigenvalue weighted by atomic mass is 16.3. The van der Waals surface area contributed by atoms with Crippen molar-refractivity contribution < 1.29 is 4.42 Å². The Balaban J connectivity index is 1.23. The molecule has 0 aliphatic rings. The summed E-state index contributed by atoms with van der Waals surface area (Å²) in [5, 5.41) is 9.25. The van der Waals surface area contributed by atoms with Crippen molar-refractivity contribution in [3.8, 4) is 22.3 Å². The van der Waals surface area contributed by atoms with E-state index < -0.39 is 0 Å². The van der Waals surface area contributed by atoms with Gasteiger partial charge in [0.1, 0.15) is 11.2 Å². The van der Waals surface area contributed by atoms with Crippen molar-refractivity contribution in [3.63, 3.8) is 0 Å². The SMILES string of the molecule is c1cc(-c2cccc3ccccc23)cc(N(c2cccc(-c3cccc4ccccc34)c2)c2cccc3oc4cc5ccncc5cc4c23)c1. The molecule has 10 aromatic rings.